The molecule has 6 nitrogen and oxygen atoms in total. The first-order valence-electron chi connectivity index (χ1n) is 7.74. The van der Waals surface area contributed by atoms with Crippen molar-refractivity contribution in [3.63, 3.8) is 0 Å². The van der Waals surface area contributed by atoms with Crippen LogP contribution in [0.5, 0.6) is 5.75 Å². The molecule has 0 unspecified atom stereocenters. The molecule has 0 aliphatic carbocycles. The quantitative estimate of drug-likeness (QED) is 0.665. The number of hydrogen-bond acceptors (Lipinski definition) is 5. The highest BCUT2D eigenvalue weighted by molar-refractivity contribution is 8.04. The number of carbonyl (C=O) groups is 2. The van der Waals surface area contributed by atoms with Gasteiger partial charge in [-0.25, -0.2) is 0 Å². The van der Waals surface area contributed by atoms with Crippen molar-refractivity contribution in [2.24, 2.45) is 0 Å². The first-order chi connectivity index (χ1) is 12.6. The maximum absolute atomic E-state index is 12.6. The van der Waals surface area contributed by atoms with Crippen LogP contribution in [0.3, 0.4) is 0 Å². The number of nitrogens with zero attached hydrogens (tertiary/aromatic N) is 2. The van der Waals surface area contributed by atoms with Gasteiger partial charge in [0.05, 0.1) is 12.9 Å². The number of hydrogen-bond donors (Lipinski definition) is 1. The molecule has 1 heterocycles. The highest BCUT2D eigenvalue weighted by atomic mass is 32.2. The summed E-state index contributed by atoms with van der Waals surface area (Å²) in [4.78, 5) is 26.3. The van der Waals surface area contributed by atoms with Crippen LogP contribution in [0.15, 0.2) is 65.2 Å². The Balaban J connectivity index is 1.94. The predicted molar refractivity (Wildman–Crippen MR) is 101 cm³/mol. The second-order valence-corrected chi connectivity index (χ2v) is 6.30. The molecule has 0 atom stereocenters. The molecule has 2 amide bonds. The van der Waals surface area contributed by atoms with Crippen LogP contribution in [0.1, 0.15) is 0 Å². The Morgan fingerprint density at radius 3 is 2.69 bits per heavy atom. The van der Waals surface area contributed by atoms with Crippen LogP contribution in [0.25, 0.3) is 0 Å². The smallest absolute Gasteiger partial charge is 0.269 e. The summed E-state index contributed by atoms with van der Waals surface area (Å²) in [6.07, 6.45) is 0. The first kappa shape index (κ1) is 17.6. The van der Waals surface area contributed by atoms with Crippen molar-refractivity contribution >= 4 is 35.0 Å². The van der Waals surface area contributed by atoms with Crippen molar-refractivity contribution in [3.8, 4) is 11.8 Å². The van der Waals surface area contributed by atoms with Gasteiger partial charge in [-0.1, -0.05) is 36.0 Å². The van der Waals surface area contributed by atoms with Crippen molar-refractivity contribution in [2.75, 3.05) is 23.1 Å². The number of anilines is 2. The number of rotatable bonds is 4. The minimum atomic E-state index is -0.570. The average molecular weight is 365 g/mol. The van der Waals surface area contributed by atoms with Gasteiger partial charge in [-0.05, 0) is 24.3 Å². The van der Waals surface area contributed by atoms with Crippen LogP contribution in [-0.2, 0) is 9.59 Å². The molecule has 26 heavy (non-hydrogen) atoms. The molecule has 3 rings (SSSR count). The Morgan fingerprint density at radius 2 is 2.00 bits per heavy atom. The van der Waals surface area contributed by atoms with E-state index in [1.54, 1.807) is 48.5 Å². The molecule has 0 saturated carbocycles. The largest absolute Gasteiger partial charge is 0.497 e. The third-order valence-corrected chi connectivity index (χ3v) is 4.73. The third-order valence-electron chi connectivity index (χ3n) is 3.68. The van der Waals surface area contributed by atoms with Gasteiger partial charge in [0.25, 0.3) is 5.91 Å². The SMILES string of the molecule is COc1cccc(NC(=O)C(C#N)=C2SCC(=O)N2c2ccccc2)c1. The highest BCUT2D eigenvalue weighted by Crippen LogP contribution is 2.36. The molecule has 1 aliphatic rings. The summed E-state index contributed by atoms with van der Waals surface area (Å²) in [5.41, 5.74) is 1.02. The predicted octanol–water partition coefficient (Wildman–Crippen LogP) is 3.15. The molecule has 0 spiro atoms. The summed E-state index contributed by atoms with van der Waals surface area (Å²) in [7, 11) is 1.53. The van der Waals surface area contributed by atoms with Gasteiger partial charge in [-0.3, -0.25) is 14.5 Å². The van der Waals surface area contributed by atoms with Crippen LogP contribution in [0, 0.1) is 11.3 Å². The van der Waals surface area contributed by atoms with E-state index in [-0.39, 0.29) is 17.2 Å². The van der Waals surface area contributed by atoms with Gasteiger partial charge in [0.2, 0.25) is 5.91 Å². The van der Waals surface area contributed by atoms with Crippen LogP contribution >= 0.6 is 11.8 Å². The minimum Gasteiger partial charge on any atom is -0.497 e. The van der Waals surface area contributed by atoms with E-state index < -0.39 is 5.91 Å². The van der Waals surface area contributed by atoms with E-state index in [1.165, 1.54) is 23.8 Å². The van der Waals surface area contributed by atoms with E-state index in [0.29, 0.717) is 22.2 Å². The number of amides is 2. The van der Waals surface area contributed by atoms with Gasteiger partial charge in [-0.15, -0.1) is 0 Å². The summed E-state index contributed by atoms with van der Waals surface area (Å²) in [6.45, 7) is 0. The first-order valence-corrected chi connectivity index (χ1v) is 8.73. The number of ether oxygens (including phenoxy) is 1. The van der Waals surface area contributed by atoms with Crippen molar-refractivity contribution in [1.29, 1.82) is 5.26 Å². The zero-order chi connectivity index (χ0) is 18.5. The molecule has 1 N–H and O–H groups in total. The Kier molecular flexibility index (Phi) is 5.25. The van der Waals surface area contributed by atoms with Crippen molar-refractivity contribution in [2.45, 2.75) is 0 Å². The zero-order valence-electron chi connectivity index (χ0n) is 13.9. The Labute approximate surface area is 155 Å². The summed E-state index contributed by atoms with van der Waals surface area (Å²) >= 11 is 1.18. The van der Waals surface area contributed by atoms with Gasteiger partial charge in [0.1, 0.15) is 22.4 Å². The maximum Gasteiger partial charge on any atom is 0.269 e. The molecule has 0 aromatic heterocycles. The fourth-order valence-electron chi connectivity index (χ4n) is 2.48. The summed E-state index contributed by atoms with van der Waals surface area (Å²) in [6, 6.07) is 17.7. The van der Waals surface area contributed by atoms with Gasteiger partial charge in [-0.2, -0.15) is 5.26 Å². The number of thioether (sulfide) groups is 1. The van der Waals surface area contributed by atoms with Crippen LogP contribution in [0.4, 0.5) is 11.4 Å². The molecular weight excluding hydrogens is 350 g/mol. The van der Waals surface area contributed by atoms with Crippen molar-refractivity contribution in [3.05, 3.63) is 65.2 Å². The second kappa shape index (κ2) is 7.76. The summed E-state index contributed by atoms with van der Waals surface area (Å²) < 4.78 is 5.13. The number of methoxy groups -OCH3 is 1. The maximum atomic E-state index is 12.6. The lowest BCUT2D eigenvalue weighted by atomic mass is 10.2. The lowest BCUT2D eigenvalue weighted by molar-refractivity contribution is -0.115. The molecule has 1 aliphatic heterocycles. The van der Waals surface area contributed by atoms with E-state index in [2.05, 4.69) is 5.32 Å². The number of benzene rings is 2. The zero-order valence-corrected chi connectivity index (χ0v) is 14.7. The fraction of sp³-hybridized carbons (Fsp3) is 0.105. The van der Waals surface area contributed by atoms with E-state index >= 15 is 0 Å². The molecule has 0 bridgehead atoms. The van der Waals surface area contributed by atoms with Gasteiger partial charge < -0.3 is 10.1 Å². The Hall–Kier alpha value is -3.24. The van der Waals surface area contributed by atoms with Crippen LogP contribution < -0.4 is 15.0 Å². The summed E-state index contributed by atoms with van der Waals surface area (Å²) in [5.74, 6) is 0.0317. The Morgan fingerprint density at radius 1 is 1.23 bits per heavy atom. The van der Waals surface area contributed by atoms with E-state index in [9.17, 15) is 14.9 Å². The number of para-hydroxylation sites is 1. The van der Waals surface area contributed by atoms with Crippen molar-refractivity contribution < 1.29 is 14.3 Å². The standard InChI is InChI=1S/C19H15N3O3S/c1-25-15-9-5-6-13(10-15)21-18(24)16(11-20)19-22(17(23)12-26-19)14-7-3-2-4-8-14/h2-10H,12H2,1H3,(H,21,24). The average Bonchev–Trinajstić information content (AvgIpc) is 3.04. The van der Waals surface area contributed by atoms with Gasteiger partial charge >= 0.3 is 0 Å². The topological polar surface area (TPSA) is 82.4 Å². The molecule has 2 aromatic rings. The van der Waals surface area contributed by atoms with Crippen LogP contribution in [0.2, 0.25) is 0 Å². The Bertz CT molecular complexity index is 919. The van der Waals surface area contributed by atoms with Crippen molar-refractivity contribution in [1.82, 2.24) is 0 Å². The van der Waals surface area contributed by atoms with E-state index in [1.807, 2.05) is 12.1 Å². The number of nitrogens with one attached hydrogen (secondary N) is 1. The molecule has 1 fully saturated rings. The molecule has 7 heteroatoms. The van der Waals surface area contributed by atoms with E-state index in [0.717, 1.165) is 0 Å². The molecular formula is C19H15N3O3S. The van der Waals surface area contributed by atoms with Crippen LogP contribution in [-0.4, -0.2) is 24.7 Å². The second-order valence-electron chi connectivity index (χ2n) is 5.33. The summed E-state index contributed by atoms with van der Waals surface area (Å²) in [5, 5.41) is 12.6. The molecule has 1 saturated heterocycles. The fourth-order valence-corrected chi connectivity index (χ4v) is 3.49. The molecule has 130 valence electrons. The number of nitriles is 1. The lowest BCUT2D eigenvalue weighted by Crippen LogP contribution is -2.26. The highest BCUT2D eigenvalue weighted by Gasteiger charge is 2.33. The van der Waals surface area contributed by atoms with Gasteiger partial charge in [0, 0.05) is 17.4 Å². The minimum absolute atomic E-state index is 0.104. The normalized spacial score (nSPS) is 15.4. The lowest BCUT2D eigenvalue weighted by Gasteiger charge is -2.18. The van der Waals surface area contributed by atoms with Gasteiger partial charge in [0.15, 0.2) is 0 Å². The molecule has 2 aromatic carbocycles. The monoisotopic (exact) mass is 365 g/mol. The third kappa shape index (κ3) is 3.55. The number of carbonyl (C=O) groups excluding carboxylic acids is 2. The van der Waals surface area contributed by atoms with E-state index in [4.69, 9.17) is 4.74 Å². The molecule has 0 radical (unpaired) electrons.